The maximum absolute atomic E-state index is 11.6. The predicted octanol–water partition coefficient (Wildman–Crippen LogP) is 2.22. The van der Waals surface area contributed by atoms with Crippen LogP contribution in [0, 0.1) is 0 Å². The Labute approximate surface area is 103 Å². The normalized spacial score (nSPS) is 10.1. The molecule has 1 aromatic rings. The van der Waals surface area contributed by atoms with Crippen LogP contribution in [0.3, 0.4) is 0 Å². The Hall–Kier alpha value is -1.07. The van der Waals surface area contributed by atoms with Gasteiger partial charge in [-0.25, -0.2) is 4.79 Å². The second-order valence-electron chi connectivity index (χ2n) is 3.26. The van der Waals surface area contributed by atoms with Crippen molar-refractivity contribution in [3.8, 4) is 0 Å². The smallest absolute Gasteiger partial charge is 0.338 e. The number of benzene rings is 1. The van der Waals surface area contributed by atoms with Crippen molar-refractivity contribution in [1.82, 2.24) is 0 Å². The zero-order valence-electron chi connectivity index (χ0n) is 9.03. The van der Waals surface area contributed by atoms with E-state index in [2.05, 4.69) is 15.9 Å². The zero-order chi connectivity index (χ0) is 12.0. The Morgan fingerprint density at radius 1 is 1.38 bits per heavy atom. The van der Waals surface area contributed by atoms with Gasteiger partial charge in [-0.15, -0.1) is 0 Å². The van der Waals surface area contributed by atoms with Crippen molar-refractivity contribution in [3.63, 3.8) is 0 Å². The monoisotopic (exact) mass is 287 g/mol. The number of carbonyl (C=O) groups excluding carboxylic acids is 1. The molecule has 0 amide bonds. The predicted molar refractivity (Wildman–Crippen MR) is 65.3 cm³/mol. The molecule has 0 saturated carbocycles. The van der Waals surface area contributed by atoms with E-state index in [9.17, 15) is 4.79 Å². The van der Waals surface area contributed by atoms with Crippen LogP contribution in [0.4, 0.5) is 5.69 Å². The third kappa shape index (κ3) is 4.20. The molecule has 16 heavy (non-hydrogen) atoms. The summed E-state index contributed by atoms with van der Waals surface area (Å²) in [5.74, 6) is -0.371. The van der Waals surface area contributed by atoms with Gasteiger partial charge in [-0.2, -0.15) is 0 Å². The van der Waals surface area contributed by atoms with E-state index in [0.29, 0.717) is 30.9 Å². The molecule has 0 radical (unpaired) electrons. The number of esters is 1. The number of nitrogens with two attached hydrogens (primary N) is 1. The molecule has 0 saturated heterocycles. The molecule has 88 valence electrons. The SMILES string of the molecule is COCCCOC(=O)c1cc(N)cc(Br)c1. The molecule has 1 rings (SSSR count). The molecule has 0 atom stereocenters. The summed E-state index contributed by atoms with van der Waals surface area (Å²) in [5, 5.41) is 0. The van der Waals surface area contributed by atoms with Crippen LogP contribution in [0.2, 0.25) is 0 Å². The molecule has 0 fully saturated rings. The molecule has 0 aliphatic carbocycles. The molecule has 5 heteroatoms. The van der Waals surface area contributed by atoms with Crippen molar-refractivity contribution in [2.24, 2.45) is 0 Å². The van der Waals surface area contributed by atoms with E-state index in [0.717, 1.165) is 4.47 Å². The highest BCUT2D eigenvalue weighted by atomic mass is 79.9. The fraction of sp³-hybridized carbons (Fsp3) is 0.364. The van der Waals surface area contributed by atoms with E-state index >= 15 is 0 Å². The van der Waals surface area contributed by atoms with Crippen molar-refractivity contribution in [2.45, 2.75) is 6.42 Å². The standard InChI is InChI=1S/C11H14BrNO3/c1-15-3-2-4-16-11(14)8-5-9(12)7-10(13)6-8/h5-7H,2-4,13H2,1H3. The summed E-state index contributed by atoms with van der Waals surface area (Å²) in [5.41, 5.74) is 6.59. The summed E-state index contributed by atoms with van der Waals surface area (Å²) in [6.45, 7) is 0.924. The molecular weight excluding hydrogens is 274 g/mol. The maximum Gasteiger partial charge on any atom is 0.338 e. The highest BCUT2D eigenvalue weighted by Gasteiger charge is 2.08. The lowest BCUT2D eigenvalue weighted by Crippen LogP contribution is -2.08. The summed E-state index contributed by atoms with van der Waals surface area (Å²) >= 11 is 3.27. The quantitative estimate of drug-likeness (QED) is 0.512. The lowest BCUT2D eigenvalue weighted by Gasteiger charge is -2.05. The third-order valence-corrected chi connectivity index (χ3v) is 2.34. The molecule has 0 aliphatic heterocycles. The van der Waals surface area contributed by atoms with Gasteiger partial charge in [-0.1, -0.05) is 15.9 Å². The van der Waals surface area contributed by atoms with Crippen LogP contribution in [0.5, 0.6) is 0 Å². The van der Waals surface area contributed by atoms with Gasteiger partial charge in [-0.05, 0) is 18.2 Å². The van der Waals surface area contributed by atoms with E-state index in [4.69, 9.17) is 15.2 Å². The minimum absolute atomic E-state index is 0.346. The zero-order valence-corrected chi connectivity index (χ0v) is 10.6. The van der Waals surface area contributed by atoms with Crippen molar-refractivity contribution in [3.05, 3.63) is 28.2 Å². The average Bonchev–Trinajstić information content (AvgIpc) is 2.22. The minimum atomic E-state index is -0.371. The lowest BCUT2D eigenvalue weighted by atomic mass is 10.2. The Morgan fingerprint density at radius 3 is 2.75 bits per heavy atom. The number of hydrogen-bond acceptors (Lipinski definition) is 4. The van der Waals surface area contributed by atoms with E-state index in [1.54, 1.807) is 25.3 Å². The maximum atomic E-state index is 11.6. The van der Waals surface area contributed by atoms with Gasteiger partial charge in [-0.3, -0.25) is 0 Å². The summed E-state index contributed by atoms with van der Waals surface area (Å²) < 4.78 is 10.7. The molecule has 0 aromatic heterocycles. The van der Waals surface area contributed by atoms with Crippen LogP contribution in [-0.4, -0.2) is 26.3 Å². The summed E-state index contributed by atoms with van der Waals surface area (Å²) in [6, 6.07) is 4.99. The molecule has 0 heterocycles. The van der Waals surface area contributed by atoms with E-state index in [1.165, 1.54) is 0 Å². The van der Waals surface area contributed by atoms with Crippen LogP contribution >= 0.6 is 15.9 Å². The summed E-state index contributed by atoms with van der Waals surface area (Å²) in [7, 11) is 1.61. The number of halogens is 1. The van der Waals surface area contributed by atoms with Gasteiger partial charge in [0, 0.05) is 30.3 Å². The molecule has 4 nitrogen and oxygen atoms in total. The number of rotatable bonds is 5. The van der Waals surface area contributed by atoms with Gasteiger partial charge < -0.3 is 15.2 Å². The molecule has 0 bridgehead atoms. The number of hydrogen-bond donors (Lipinski definition) is 1. The fourth-order valence-electron chi connectivity index (χ4n) is 1.18. The second kappa shape index (κ2) is 6.50. The van der Waals surface area contributed by atoms with E-state index in [-0.39, 0.29) is 5.97 Å². The minimum Gasteiger partial charge on any atom is -0.462 e. The van der Waals surface area contributed by atoms with Crippen LogP contribution in [0.1, 0.15) is 16.8 Å². The van der Waals surface area contributed by atoms with Crippen molar-refractivity contribution >= 4 is 27.6 Å². The number of methoxy groups -OCH3 is 1. The largest absolute Gasteiger partial charge is 0.462 e. The first-order valence-electron chi connectivity index (χ1n) is 4.85. The Bertz CT molecular complexity index is 348. The summed E-state index contributed by atoms with van der Waals surface area (Å²) in [6.07, 6.45) is 0.686. The summed E-state index contributed by atoms with van der Waals surface area (Å²) in [4.78, 5) is 11.6. The van der Waals surface area contributed by atoms with Gasteiger partial charge in [0.25, 0.3) is 0 Å². The van der Waals surface area contributed by atoms with Gasteiger partial charge in [0.2, 0.25) is 0 Å². The number of ether oxygens (including phenoxy) is 2. The van der Waals surface area contributed by atoms with Gasteiger partial charge in [0.05, 0.1) is 12.2 Å². The van der Waals surface area contributed by atoms with Gasteiger partial charge in [0.1, 0.15) is 0 Å². The van der Waals surface area contributed by atoms with Crippen LogP contribution in [-0.2, 0) is 9.47 Å². The Balaban J connectivity index is 2.52. The van der Waals surface area contributed by atoms with Crippen molar-refractivity contribution in [1.29, 1.82) is 0 Å². The number of anilines is 1. The number of carbonyl (C=O) groups is 1. The second-order valence-corrected chi connectivity index (χ2v) is 4.17. The molecule has 0 aliphatic rings. The van der Waals surface area contributed by atoms with Crippen molar-refractivity contribution in [2.75, 3.05) is 26.1 Å². The van der Waals surface area contributed by atoms with Crippen molar-refractivity contribution < 1.29 is 14.3 Å². The fourth-order valence-corrected chi connectivity index (χ4v) is 1.69. The topological polar surface area (TPSA) is 61.5 Å². The highest BCUT2D eigenvalue weighted by Crippen LogP contribution is 2.17. The van der Waals surface area contributed by atoms with E-state index in [1.807, 2.05) is 0 Å². The first-order chi connectivity index (χ1) is 7.63. The first kappa shape index (κ1) is 13.0. The first-order valence-corrected chi connectivity index (χ1v) is 5.65. The third-order valence-electron chi connectivity index (χ3n) is 1.88. The molecular formula is C11H14BrNO3. The highest BCUT2D eigenvalue weighted by molar-refractivity contribution is 9.10. The molecule has 0 unspecified atom stereocenters. The van der Waals surface area contributed by atoms with E-state index < -0.39 is 0 Å². The Morgan fingerprint density at radius 2 is 2.12 bits per heavy atom. The van der Waals surface area contributed by atoms with Gasteiger partial charge >= 0.3 is 5.97 Å². The molecule has 1 aromatic carbocycles. The van der Waals surface area contributed by atoms with Crippen LogP contribution in [0.15, 0.2) is 22.7 Å². The lowest BCUT2D eigenvalue weighted by molar-refractivity contribution is 0.0468. The number of nitrogen functional groups attached to an aromatic ring is 1. The van der Waals surface area contributed by atoms with Gasteiger partial charge in [0.15, 0.2) is 0 Å². The van der Waals surface area contributed by atoms with Crippen LogP contribution in [0.25, 0.3) is 0 Å². The molecule has 0 spiro atoms. The average molecular weight is 288 g/mol. The van der Waals surface area contributed by atoms with Crippen LogP contribution < -0.4 is 5.73 Å². The Kier molecular flexibility index (Phi) is 5.28. The molecule has 2 N–H and O–H groups in total.